The van der Waals surface area contributed by atoms with Gasteiger partial charge in [0.25, 0.3) is 16.9 Å². The summed E-state index contributed by atoms with van der Waals surface area (Å²) in [6.07, 6.45) is -0.0954. The molecule has 208 valence electrons. The number of aryl methyl sites for hydroxylation is 1. The smallest absolute Gasteiger partial charge is 0.293 e. The van der Waals surface area contributed by atoms with Crippen molar-refractivity contribution in [3.63, 3.8) is 0 Å². The predicted octanol–water partition coefficient (Wildman–Crippen LogP) is 4.32. The number of carbonyl (C=O) groups excluding carboxylic acids is 1. The van der Waals surface area contributed by atoms with Crippen LogP contribution in [0.1, 0.15) is 43.5 Å². The van der Waals surface area contributed by atoms with Gasteiger partial charge in [-0.25, -0.2) is 0 Å². The molecule has 3 atom stereocenters. The van der Waals surface area contributed by atoms with Crippen molar-refractivity contribution in [2.45, 2.75) is 44.7 Å². The van der Waals surface area contributed by atoms with Gasteiger partial charge in [-0.15, -0.1) is 0 Å². The van der Waals surface area contributed by atoms with Crippen molar-refractivity contribution in [3.8, 4) is 11.5 Å². The number of amides is 1. The highest BCUT2D eigenvalue weighted by atomic mass is 32.2. The summed E-state index contributed by atoms with van der Waals surface area (Å²) >= 11 is 0. The number of ether oxygens (including phenoxy) is 2. The zero-order valence-corrected chi connectivity index (χ0v) is 23.5. The first-order chi connectivity index (χ1) is 18.4. The number of benzene rings is 3. The second-order valence-corrected chi connectivity index (χ2v) is 10.8. The van der Waals surface area contributed by atoms with Gasteiger partial charge in [0, 0.05) is 11.3 Å². The van der Waals surface area contributed by atoms with E-state index in [0.717, 1.165) is 7.05 Å². The first-order valence-electron chi connectivity index (χ1n) is 12.4. The Kier molecular flexibility index (Phi) is 9.68. The van der Waals surface area contributed by atoms with Crippen molar-refractivity contribution in [1.29, 1.82) is 5.41 Å². The largest absolute Gasteiger partial charge is 0.592 e. The average Bonchev–Trinajstić information content (AvgIpc) is 2.88. The molecule has 0 aliphatic rings. The number of nitrogen functional groups attached to an aromatic ring is 1. The highest BCUT2D eigenvalue weighted by Gasteiger charge is 2.32. The lowest BCUT2D eigenvalue weighted by molar-refractivity contribution is -0.765. The van der Waals surface area contributed by atoms with Crippen LogP contribution in [0, 0.1) is 17.5 Å². The van der Waals surface area contributed by atoms with Crippen molar-refractivity contribution in [2.75, 3.05) is 19.0 Å². The highest BCUT2D eigenvalue weighted by molar-refractivity contribution is 7.79. The van der Waals surface area contributed by atoms with Crippen LogP contribution >= 0.6 is 0 Å². The maximum atomic E-state index is 13.6. The zero-order chi connectivity index (χ0) is 28.7. The number of hydrogen-bond donors (Lipinski definition) is 4. The SMILES string of the molecule is CCOc1cc(C(Nc2ccc(C(=N)N)cc2)C(=O)N[N+](C)([O-])S(=O)c2ccccc2C)ccc1OC(C)C. The summed E-state index contributed by atoms with van der Waals surface area (Å²) in [7, 11) is -1.00. The van der Waals surface area contributed by atoms with Crippen molar-refractivity contribution < 1.29 is 22.6 Å². The third-order valence-corrected chi connectivity index (χ3v) is 7.20. The molecular formula is C28H35N5O5S. The summed E-state index contributed by atoms with van der Waals surface area (Å²) in [6.45, 7) is 7.76. The van der Waals surface area contributed by atoms with E-state index in [9.17, 15) is 14.2 Å². The van der Waals surface area contributed by atoms with Gasteiger partial charge in [0.1, 0.15) is 23.8 Å². The molecule has 0 spiro atoms. The van der Waals surface area contributed by atoms with Gasteiger partial charge in [0.15, 0.2) is 11.5 Å². The minimum absolute atomic E-state index is 0.0870. The van der Waals surface area contributed by atoms with Gasteiger partial charge in [-0.2, -0.15) is 13.8 Å². The van der Waals surface area contributed by atoms with Gasteiger partial charge in [-0.3, -0.25) is 10.2 Å². The Morgan fingerprint density at radius 2 is 1.77 bits per heavy atom. The molecule has 0 fully saturated rings. The fourth-order valence-corrected chi connectivity index (χ4v) is 4.87. The average molecular weight is 554 g/mol. The van der Waals surface area contributed by atoms with E-state index >= 15 is 0 Å². The molecular weight excluding hydrogens is 518 g/mol. The van der Waals surface area contributed by atoms with E-state index < -0.39 is 27.1 Å². The van der Waals surface area contributed by atoms with E-state index in [4.69, 9.17) is 20.6 Å². The number of nitrogens with zero attached hydrogens (tertiary/aromatic N) is 1. The Morgan fingerprint density at radius 1 is 1.10 bits per heavy atom. The lowest BCUT2D eigenvalue weighted by Crippen LogP contribution is -2.55. The number of anilines is 1. The van der Waals surface area contributed by atoms with Crippen LogP contribution in [-0.4, -0.2) is 39.9 Å². The normalized spacial score (nSPS) is 14.1. The minimum atomic E-state index is -2.13. The molecule has 3 aromatic carbocycles. The fourth-order valence-electron chi connectivity index (χ4n) is 3.78. The predicted molar refractivity (Wildman–Crippen MR) is 152 cm³/mol. The van der Waals surface area contributed by atoms with Gasteiger partial charge in [-0.05, 0) is 81.3 Å². The Balaban J connectivity index is 1.99. The number of nitrogens with one attached hydrogen (secondary N) is 3. The maximum Gasteiger partial charge on any atom is 0.293 e. The number of carbonyl (C=O) groups is 1. The molecule has 0 saturated carbocycles. The number of amidine groups is 1. The standard InChI is InChI=1S/C28H35N5O5S/c1-6-37-24-17-21(13-16-23(24)38-18(2)3)26(31-22-14-11-20(12-15-22)27(29)30)28(34)32-33(5,35)39(36)25-10-8-7-9-19(25)4/h7-18,26,31H,6H2,1-5H3,(H3,29,30)(H,32,34). The molecule has 3 unspecified atom stereocenters. The molecule has 0 bridgehead atoms. The van der Waals surface area contributed by atoms with Crippen LogP contribution < -0.4 is 25.9 Å². The van der Waals surface area contributed by atoms with Crippen molar-refractivity contribution in [3.05, 3.63) is 88.6 Å². The van der Waals surface area contributed by atoms with E-state index in [-0.39, 0.29) is 11.9 Å². The summed E-state index contributed by atoms with van der Waals surface area (Å²) in [5.41, 5.74) is 10.2. The summed E-state index contributed by atoms with van der Waals surface area (Å²) < 4.78 is 23.3. The van der Waals surface area contributed by atoms with Crippen LogP contribution in [0.15, 0.2) is 71.6 Å². The third kappa shape index (κ3) is 7.56. The second-order valence-electron chi connectivity index (χ2n) is 9.21. The summed E-state index contributed by atoms with van der Waals surface area (Å²) in [4.78, 5) is 14.0. The molecule has 1 amide bonds. The topological polar surface area (TPSA) is 150 Å². The fraction of sp³-hybridized carbons (Fsp3) is 0.286. The van der Waals surface area contributed by atoms with Gasteiger partial charge in [0.05, 0.1) is 12.7 Å². The molecule has 3 aromatic rings. The van der Waals surface area contributed by atoms with Crippen molar-refractivity contribution in [1.82, 2.24) is 5.43 Å². The number of quaternary nitrogens is 1. The van der Waals surface area contributed by atoms with Gasteiger partial charge in [-0.1, -0.05) is 24.3 Å². The highest BCUT2D eigenvalue weighted by Crippen LogP contribution is 2.33. The molecule has 0 heterocycles. The van der Waals surface area contributed by atoms with E-state index in [1.165, 1.54) is 0 Å². The molecule has 0 saturated heterocycles. The molecule has 0 aliphatic carbocycles. The molecule has 0 aliphatic heterocycles. The molecule has 5 N–H and O–H groups in total. The van der Waals surface area contributed by atoms with Crippen LogP contribution in [0.5, 0.6) is 11.5 Å². The lowest BCUT2D eigenvalue weighted by Gasteiger charge is -2.36. The Morgan fingerprint density at radius 3 is 2.36 bits per heavy atom. The third-order valence-electron chi connectivity index (χ3n) is 5.64. The first kappa shape index (κ1) is 29.6. The minimum Gasteiger partial charge on any atom is -0.592 e. The molecule has 3 rings (SSSR count). The number of hydrogen-bond acceptors (Lipinski definition) is 7. The van der Waals surface area contributed by atoms with Gasteiger partial charge >= 0.3 is 0 Å². The van der Waals surface area contributed by atoms with E-state index in [2.05, 4.69) is 10.7 Å². The van der Waals surface area contributed by atoms with Crippen molar-refractivity contribution >= 4 is 28.4 Å². The van der Waals surface area contributed by atoms with Crippen LogP contribution in [0.3, 0.4) is 0 Å². The van der Waals surface area contributed by atoms with E-state index in [0.29, 0.717) is 45.4 Å². The van der Waals surface area contributed by atoms with Gasteiger partial charge in [0.2, 0.25) is 0 Å². The van der Waals surface area contributed by atoms with Crippen LogP contribution in [-0.2, 0) is 15.8 Å². The number of rotatable bonds is 12. The van der Waals surface area contributed by atoms with Gasteiger partial charge < -0.3 is 25.7 Å². The van der Waals surface area contributed by atoms with E-state index in [1.807, 2.05) is 20.8 Å². The first-order valence-corrected chi connectivity index (χ1v) is 13.6. The van der Waals surface area contributed by atoms with Crippen molar-refractivity contribution in [2.24, 2.45) is 5.73 Å². The molecule has 0 aromatic heterocycles. The molecule has 39 heavy (non-hydrogen) atoms. The molecule has 0 radical (unpaired) electrons. The lowest BCUT2D eigenvalue weighted by atomic mass is 10.0. The summed E-state index contributed by atoms with van der Waals surface area (Å²) in [5, 5.41) is 24.2. The second kappa shape index (κ2) is 12.7. The van der Waals surface area contributed by atoms with Crippen LogP contribution in [0.2, 0.25) is 0 Å². The monoisotopic (exact) mass is 553 g/mol. The summed E-state index contributed by atoms with van der Waals surface area (Å²) in [5.74, 6) is 0.171. The number of nitrogens with two attached hydrogens (primary N) is 1. The molecule has 10 nitrogen and oxygen atoms in total. The number of hydroxylamine groups is 1. The quantitative estimate of drug-likeness (QED) is 0.113. The van der Waals surface area contributed by atoms with Crippen LogP contribution in [0.4, 0.5) is 5.69 Å². The van der Waals surface area contributed by atoms with E-state index in [1.54, 1.807) is 73.7 Å². The Hall–Kier alpha value is -3.93. The molecule has 11 heteroatoms. The van der Waals surface area contributed by atoms with Crippen LogP contribution in [0.25, 0.3) is 0 Å². The Labute approximate surface area is 231 Å². The Bertz CT molecular complexity index is 1340. The summed E-state index contributed by atoms with van der Waals surface area (Å²) in [6, 6.07) is 17.5. The maximum absolute atomic E-state index is 13.6. The zero-order valence-electron chi connectivity index (χ0n) is 22.7.